The van der Waals surface area contributed by atoms with Crippen LogP contribution in [0.3, 0.4) is 0 Å². The van der Waals surface area contributed by atoms with Gasteiger partial charge >= 0.3 is 0 Å². The SMILES string of the molecule is c1ccc(-n2ccc3ccc4c5ccccc5n(-c5ccc6c(c5)C(c5ccccc5)(c5ccccc5)c5cc(-n7c8ccccc8c8ccc9ccn(-c%10ccccc%10)c9c87)ccc5-6)c4c32)cc1. The largest absolute Gasteiger partial charge is 0.315 e. The number of hydrogen-bond donors (Lipinski definition) is 0. The van der Waals surface area contributed by atoms with Crippen molar-refractivity contribution in [1.29, 1.82) is 0 Å². The molecule has 0 bridgehead atoms. The van der Waals surface area contributed by atoms with E-state index >= 15 is 0 Å². The molecule has 0 aliphatic heterocycles. The summed E-state index contributed by atoms with van der Waals surface area (Å²) < 4.78 is 9.75. The van der Waals surface area contributed by atoms with Gasteiger partial charge in [-0.2, -0.15) is 0 Å². The highest BCUT2D eigenvalue weighted by Crippen LogP contribution is 2.57. The number of aromatic nitrogens is 4. The molecule has 0 saturated carbocycles. The molecule has 0 amide bonds. The van der Waals surface area contributed by atoms with Gasteiger partial charge in [0.25, 0.3) is 0 Å². The minimum atomic E-state index is -0.657. The molecule has 4 nitrogen and oxygen atoms in total. The third-order valence-electron chi connectivity index (χ3n) is 15.1. The van der Waals surface area contributed by atoms with Crippen molar-refractivity contribution in [2.45, 2.75) is 5.41 Å². The van der Waals surface area contributed by atoms with Crippen molar-refractivity contribution in [2.24, 2.45) is 0 Å². The summed E-state index contributed by atoms with van der Waals surface area (Å²) in [6, 6.07) is 89.9. The number of para-hydroxylation sites is 4. The molecule has 0 fully saturated rings. The molecule has 69 heavy (non-hydrogen) atoms. The highest BCUT2D eigenvalue weighted by Gasteiger charge is 2.46. The number of benzene rings is 10. The summed E-state index contributed by atoms with van der Waals surface area (Å²) in [7, 11) is 0. The molecule has 4 heteroatoms. The van der Waals surface area contributed by atoms with Gasteiger partial charge in [-0.1, -0.05) is 170 Å². The minimum Gasteiger partial charge on any atom is -0.315 e. The molecule has 10 aromatic carbocycles. The molecule has 15 rings (SSSR count). The zero-order valence-corrected chi connectivity index (χ0v) is 37.5. The molecular formula is C65H42N4. The van der Waals surface area contributed by atoms with Crippen molar-refractivity contribution in [3.8, 4) is 33.9 Å². The van der Waals surface area contributed by atoms with Crippen LogP contribution in [0.1, 0.15) is 22.3 Å². The van der Waals surface area contributed by atoms with Gasteiger partial charge in [0, 0.05) is 67.5 Å². The lowest BCUT2D eigenvalue weighted by molar-refractivity contribution is 0.766. The highest BCUT2D eigenvalue weighted by atomic mass is 15.0. The van der Waals surface area contributed by atoms with Crippen LogP contribution in [0.5, 0.6) is 0 Å². The summed E-state index contributed by atoms with van der Waals surface area (Å²) in [5.41, 5.74) is 18.5. The third-order valence-corrected chi connectivity index (χ3v) is 15.1. The van der Waals surface area contributed by atoms with Crippen LogP contribution in [0.2, 0.25) is 0 Å². The van der Waals surface area contributed by atoms with Crippen LogP contribution < -0.4 is 0 Å². The summed E-state index contributed by atoms with van der Waals surface area (Å²) in [5.74, 6) is 0. The zero-order valence-electron chi connectivity index (χ0n) is 37.5. The van der Waals surface area contributed by atoms with Crippen LogP contribution in [0.25, 0.3) is 99.3 Å². The maximum Gasteiger partial charge on any atom is 0.0788 e. The van der Waals surface area contributed by atoms with Gasteiger partial charge in [-0.3, -0.25) is 0 Å². The Kier molecular flexibility index (Phi) is 7.96. The fourth-order valence-electron chi connectivity index (χ4n) is 12.2. The lowest BCUT2D eigenvalue weighted by atomic mass is 9.67. The fourth-order valence-corrected chi connectivity index (χ4v) is 12.2. The summed E-state index contributed by atoms with van der Waals surface area (Å²) in [5, 5.41) is 7.35. The molecule has 14 aromatic rings. The Bertz CT molecular complexity index is 4060. The molecule has 0 atom stereocenters. The standard InChI is InChI=1S/C65H42N4/c1-5-17-45(18-6-1)65(46-19-7-2-8-20-46)57-41-49(68-59-27-15-13-25-53(59)55-33-29-43-37-39-66(61(43)63(55)68)47-21-9-3-10-22-47)31-35-51(57)52-36-32-50(42-58(52)65)69-60-28-16-14-26-54(60)56-34-30-44-38-40-67(62(44)64(56)69)48-23-11-4-12-24-48/h1-42H. The normalized spacial score (nSPS) is 13.0. The molecule has 4 heterocycles. The van der Waals surface area contributed by atoms with Crippen molar-refractivity contribution in [2.75, 3.05) is 0 Å². The van der Waals surface area contributed by atoms with Crippen LogP contribution >= 0.6 is 0 Å². The molecule has 1 aliphatic rings. The quantitative estimate of drug-likeness (QED) is 0.159. The first-order valence-corrected chi connectivity index (χ1v) is 23.8. The van der Waals surface area contributed by atoms with Crippen molar-refractivity contribution in [3.05, 3.63) is 277 Å². The van der Waals surface area contributed by atoms with Crippen LogP contribution in [-0.2, 0) is 5.41 Å². The Morgan fingerprint density at radius 3 is 1.10 bits per heavy atom. The monoisotopic (exact) mass is 878 g/mol. The summed E-state index contributed by atoms with van der Waals surface area (Å²) in [6.07, 6.45) is 4.44. The lowest BCUT2D eigenvalue weighted by Gasteiger charge is -2.34. The van der Waals surface area contributed by atoms with Gasteiger partial charge in [-0.15, -0.1) is 0 Å². The van der Waals surface area contributed by atoms with E-state index in [0.717, 1.165) is 22.7 Å². The van der Waals surface area contributed by atoms with Gasteiger partial charge in [0.1, 0.15) is 0 Å². The first-order valence-electron chi connectivity index (χ1n) is 23.8. The lowest BCUT2D eigenvalue weighted by Crippen LogP contribution is -2.28. The van der Waals surface area contributed by atoms with E-state index in [1.807, 2.05) is 0 Å². The van der Waals surface area contributed by atoms with E-state index in [0.29, 0.717) is 0 Å². The maximum absolute atomic E-state index is 2.52. The molecule has 4 aromatic heterocycles. The molecule has 1 aliphatic carbocycles. The average Bonchev–Trinajstić information content (AvgIpc) is 4.25. The number of fused-ring (bicyclic) bond motifs is 13. The summed E-state index contributed by atoms with van der Waals surface area (Å²) >= 11 is 0. The van der Waals surface area contributed by atoms with Crippen LogP contribution in [-0.4, -0.2) is 18.3 Å². The number of nitrogens with zero attached hydrogens (tertiary/aromatic N) is 4. The van der Waals surface area contributed by atoms with Crippen molar-refractivity contribution >= 4 is 65.4 Å². The Morgan fingerprint density at radius 1 is 0.275 bits per heavy atom. The fraction of sp³-hybridized carbons (Fsp3) is 0.0154. The second-order valence-corrected chi connectivity index (χ2v) is 18.5. The average molecular weight is 879 g/mol. The van der Waals surface area contributed by atoms with E-state index in [2.05, 4.69) is 273 Å². The second kappa shape index (κ2) is 14.4. The number of hydrogen-bond acceptors (Lipinski definition) is 0. The van der Waals surface area contributed by atoms with Crippen LogP contribution in [0, 0.1) is 0 Å². The van der Waals surface area contributed by atoms with E-state index in [1.54, 1.807) is 0 Å². The Morgan fingerprint density at radius 2 is 0.667 bits per heavy atom. The van der Waals surface area contributed by atoms with Gasteiger partial charge in [0.05, 0.1) is 38.5 Å². The van der Waals surface area contributed by atoms with Gasteiger partial charge < -0.3 is 18.3 Å². The van der Waals surface area contributed by atoms with Crippen molar-refractivity contribution in [1.82, 2.24) is 18.3 Å². The molecule has 0 spiro atoms. The van der Waals surface area contributed by atoms with Crippen molar-refractivity contribution < 1.29 is 0 Å². The van der Waals surface area contributed by atoms with Crippen LogP contribution in [0.15, 0.2) is 255 Å². The first kappa shape index (κ1) is 38.0. The highest BCUT2D eigenvalue weighted by molar-refractivity contribution is 6.19. The van der Waals surface area contributed by atoms with Gasteiger partial charge in [0.15, 0.2) is 0 Å². The molecule has 0 N–H and O–H groups in total. The van der Waals surface area contributed by atoms with E-state index < -0.39 is 5.41 Å². The van der Waals surface area contributed by atoms with Gasteiger partial charge in [-0.05, 0) is 106 Å². The predicted molar refractivity (Wildman–Crippen MR) is 286 cm³/mol. The maximum atomic E-state index is 2.52. The van der Waals surface area contributed by atoms with Gasteiger partial charge in [-0.25, -0.2) is 0 Å². The van der Waals surface area contributed by atoms with E-state index in [-0.39, 0.29) is 0 Å². The summed E-state index contributed by atoms with van der Waals surface area (Å²) in [4.78, 5) is 0. The van der Waals surface area contributed by atoms with Crippen LogP contribution in [0.4, 0.5) is 0 Å². The minimum absolute atomic E-state index is 0.657. The summed E-state index contributed by atoms with van der Waals surface area (Å²) in [6.45, 7) is 0. The van der Waals surface area contributed by atoms with Gasteiger partial charge in [0.2, 0.25) is 0 Å². The first-order chi connectivity index (χ1) is 34.3. The Labute approximate surface area is 398 Å². The molecule has 0 radical (unpaired) electrons. The molecule has 0 saturated heterocycles. The molecule has 0 unspecified atom stereocenters. The topological polar surface area (TPSA) is 19.7 Å². The molecule has 322 valence electrons. The Balaban J connectivity index is 1.04. The zero-order chi connectivity index (χ0) is 45.2. The second-order valence-electron chi connectivity index (χ2n) is 18.5. The smallest absolute Gasteiger partial charge is 0.0788 e. The Hall–Kier alpha value is -9.12. The third kappa shape index (κ3) is 5.23. The predicted octanol–water partition coefficient (Wildman–Crippen LogP) is 16.1. The molecular weight excluding hydrogens is 837 g/mol. The van der Waals surface area contributed by atoms with E-state index in [1.165, 1.54) is 98.8 Å². The number of rotatable bonds is 6. The van der Waals surface area contributed by atoms with E-state index in [9.17, 15) is 0 Å². The van der Waals surface area contributed by atoms with Crippen molar-refractivity contribution in [3.63, 3.8) is 0 Å². The van der Waals surface area contributed by atoms with E-state index in [4.69, 9.17) is 0 Å².